The molecule has 10 atom stereocenters. The summed E-state index contributed by atoms with van der Waals surface area (Å²) in [7, 11) is 0. The van der Waals surface area contributed by atoms with Crippen LogP contribution in [-0.4, -0.2) is 46.8 Å². The van der Waals surface area contributed by atoms with Crippen molar-refractivity contribution < 1.29 is 29.3 Å². The molecule has 0 saturated heterocycles. The van der Waals surface area contributed by atoms with Gasteiger partial charge >= 0.3 is 11.9 Å². The standard InChI is InChI=1S/C44H71NO6/c1-5-6-7-8-9-10-11-12-13-14-15-16-17-18-19-20-42(50)51-34-27-28-43(3)33(29-34)22-23-35-37-25-24-36(44(37,4)39(46)30-38(35)43)32(2)21-26-40(47)45-31-41(48)49/h6-7,9-10,12-13,32-39,46H,5,8,11,14-31H2,1-4H3,(H,45,47)(H,48,49)/b7-6-,10-9-,13-12-. The molecule has 0 spiro atoms. The molecule has 288 valence electrons. The molecule has 1 amide bonds. The number of fused-ring (bicyclic) bond motifs is 5. The van der Waals surface area contributed by atoms with E-state index >= 15 is 0 Å². The summed E-state index contributed by atoms with van der Waals surface area (Å²) in [6.45, 7) is 8.85. The van der Waals surface area contributed by atoms with Gasteiger partial charge in [0.2, 0.25) is 5.91 Å². The number of aliphatic hydroxyl groups excluding tert-OH is 1. The second kappa shape index (κ2) is 20.2. The van der Waals surface area contributed by atoms with Gasteiger partial charge in [0, 0.05) is 12.8 Å². The SMILES string of the molecule is CC/C=C\C/C=C\C/C=C\CCCCCCCC(=O)OC1CCC2(C)C(CCC3C2CC(O)C2(C)C(C(C)CCC(=O)NCC(=O)O)CCC32)C1. The molecule has 7 heteroatoms. The fourth-order valence-corrected chi connectivity index (χ4v) is 11.2. The first kappa shape index (κ1) is 41.3. The monoisotopic (exact) mass is 710 g/mol. The molecule has 0 aromatic heterocycles. The fraction of sp³-hybridized carbons (Fsp3) is 0.795. The summed E-state index contributed by atoms with van der Waals surface area (Å²) in [4.78, 5) is 35.9. The molecule has 0 aromatic rings. The lowest BCUT2D eigenvalue weighted by molar-refractivity contribution is -0.181. The zero-order chi connectivity index (χ0) is 36.9. The van der Waals surface area contributed by atoms with E-state index < -0.39 is 5.97 Å². The van der Waals surface area contributed by atoms with Crippen LogP contribution < -0.4 is 5.32 Å². The average molecular weight is 710 g/mol. The van der Waals surface area contributed by atoms with Crippen LogP contribution in [0.1, 0.15) is 156 Å². The molecule has 0 aliphatic heterocycles. The zero-order valence-electron chi connectivity index (χ0n) is 32.5. The van der Waals surface area contributed by atoms with Crippen molar-refractivity contribution in [1.82, 2.24) is 5.32 Å². The van der Waals surface area contributed by atoms with Crippen molar-refractivity contribution >= 4 is 17.8 Å². The molecule has 4 fully saturated rings. The highest BCUT2D eigenvalue weighted by atomic mass is 16.5. The van der Waals surface area contributed by atoms with Gasteiger partial charge in [-0.1, -0.05) is 83.4 Å². The minimum absolute atomic E-state index is 0.0206. The van der Waals surface area contributed by atoms with Crippen LogP contribution in [0.5, 0.6) is 0 Å². The fourth-order valence-electron chi connectivity index (χ4n) is 11.2. The van der Waals surface area contributed by atoms with Crippen molar-refractivity contribution in [2.75, 3.05) is 6.54 Å². The third kappa shape index (κ3) is 11.1. The number of hydrogen-bond donors (Lipinski definition) is 3. The number of ether oxygens (including phenoxy) is 1. The van der Waals surface area contributed by atoms with Crippen molar-refractivity contribution in [3.8, 4) is 0 Å². The molecule has 51 heavy (non-hydrogen) atoms. The third-order valence-corrected chi connectivity index (χ3v) is 14.1. The van der Waals surface area contributed by atoms with Crippen molar-refractivity contribution in [2.24, 2.45) is 46.3 Å². The van der Waals surface area contributed by atoms with E-state index in [1.807, 2.05) is 0 Å². The zero-order valence-corrected chi connectivity index (χ0v) is 32.5. The molecule has 10 unspecified atom stereocenters. The number of aliphatic carboxylic acids is 1. The summed E-state index contributed by atoms with van der Waals surface area (Å²) in [6, 6.07) is 0. The number of carboxylic acids is 1. The first-order valence-electron chi connectivity index (χ1n) is 20.8. The lowest BCUT2D eigenvalue weighted by atomic mass is 9.43. The number of nitrogens with one attached hydrogen (secondary N) is 1. The van der Waals surface area contributed by atoms with Gasteiger partial charge in [-0.05, 0) is 143 Å². The maximum atomic E-state index is 12.8. The van der Waals surface area contributed by atoms with Gasteiger partial charge in [-0.2, -0.15) is 0 Å². The van der Waals surface area contributed by atoms with Crippen LogP contribution in [0.25, 0.3) is 0 Å². The van der Waals surface area contributed by atoms with Gasteiger partial charge in [-0.25, -0.2) is 0 Å². The molecule has 3 N–H and O–H groups in total. The Hall–Kier alpha value is -2.41. The Morgan fingerprint density at radius 3 is 2.29 bits per heavy atom. The summed E-state index contributed by atoms with van der Waals surface area (Å²) >= 11 is 0. The summed E-state index contributed by atoms with van der Waals surface area (Å²) in [6.07, 6.45) is 33.0. The van der Waals surface area contributed by atoms with E-state index in [0.29, 0.717) is 54.8 Å². The summed E-state index contributed by atoms with van der Waals surface area (Å²) in [5.74, 6) is 1.56. The number of carbonyl (C=O) groups excluding carboxylic acids is 2. The van der Waals surface area contributed by atoms with Crippen LogP contribution in [0.15, 0.2) is 36.5 Å². The van der Waals surface area contributed by atoms with E-state index in [9.17, 15) is 19.5 Å². The third-order valence-electron chi connectivity index (χ3n) is 14.1. The Kier molecular flexibility index (Phi) is 16.3. The van der Waals surface area contributed by atoms with Gasteiger partial charge in [0.05, 0.1) is 6.10 Å². The molecular weight excluding hydrogens is 638 g/mol. The Bertz CT molecular complexity index is 1210. The van der Waals surface area contributed by atoms with E-state index in [1.54, 1.807) is 0 Å². The largest absolute Gasteiger partial charge is 0.480 e. The molecule has 0 bridgehead atoms. The average Bonchev–Trinajstić information content (AvgIpc) is 3.47. The summed E-state index contributed by atoms with van der Waals surface area (Å²) in [5, 5.41) is 23.3. The highest BCUT2D eigenvalue weighted by Gasteiger charge is 2.63. The number of amides is 1. The van der Waals surface area contributed by atoms with Crippen LogP contribution in [0.4, 0.5) is 0 Å². The Balaban J connectivity index is 1.15. The Morgan fingerprint density at radius 2 is 1.55 bits per heavy atom. The number of hydrogen-bond acceptors (Lipinski definition) is 5. The normalized spacial score (nSPS) is 33.9. The first-order valence-corrected chi connectivity index (χ1v) is 20.8. The quantitative estimate of drug-likeness (QED) is 0.0659. The highest BCUT2D eigenvalue weighted by Crippen LogP contribution is 2.68. The number of allylic oxidation sites excluding steroid dienone is 6. The van der Waals surface area contributed by atoms with E-state index in [-0.39, 0.29) is 41.5 Å². The second-order valence-electron chi connectivity index (χ2n) is 17.1. The van der Waals surface area contributed by atoms with E-state index in [2.05, 4.69) is 69.5 Å². The van der Waals surface area contributed by atoms with Gasteiger partial charge < -0.3 is 20.3 Å². The maximum Gasteiger partial charge on any atom is 0.322 e. The number of unbranched alkanes of at least 4 members (excludes halogenated alkanes) is 5. The molecule has 7 nitrogen and oxygen atoms in total. The number of carbonyl (C=O) groups is 3. The minimum Gasteiger partial charge on any atom is -0.480 e. The topological polar surface area (TPSA) is 113 Å². The van der Waals surface area contributed by atoms with Crippen molar-refractivity contribution in [3.63, 3.8) is 0 Å². The van der Waals surface area contributed by atoms with Crippen LogP contribution in [0.2, 0.25) is 0 Å². The van der Waals surface area contributed by atoms with Crippen LogP contribution in [0, 0.1) is 46.3 Å². The van der Waals surface area contributed by atoms with Crippen LogP contribution >= 0.6 is 0 Å². The molecule has 4 aliphatic carbocycles. The number of esters is 1. The number of carboxylic acid groups (broad SMARTS) is 1. The van der Waals surface area contributed by atoms with Crippen LogP contribution in [-0.2, 0) is 19.1 Å². The highest BCUT2D eigenvalue weighted by molar-refractivity contribution is 5.81. The van der Waals surface area contributed by atoms with E-state index in [1.165, 1.54) is 32.1 Å². The van der Waals surface area contributed by atoms with Gasteiger partial charge in [0.15, 0.2) is 0 Å². The van der Waals surface area contributed by atoms with E-state index in [4.69, 9.17) is 9.84 Å². The molecular formula is C44H71NO6. The Morgan fingerprint density at radius 1 is 0.843 bits per heavy atom. The molecule has 4 saturated carbocycles. The van der Waals surface area contributed by atoms with Crippen LogP contribution in [0.3, 0.4) is 0 Å². The maximum absolute atomic E-state index is 12.8. The second-order valence-corrected chi connectivity index (χ2v) is 17.1. The molecule has 0 heterocycles. The number of rotatable bonds is 20. The van der Waals surface area contributed by atoms with E-state index in [0.717, 1.165) is 77.0 Å². The van der Waals surface area contributed by atoms with Gasteiger partial charge in [0.25, 0.3) is 0 Å². The van der Waals surface area contributed by atoms with Crippen molar-refractivity contribution in [3.05, 3.63) is 36.5 Å². The number of aliphatic hydroxyl groups is 1. The lowest BCUT2D eigenvalue weighted by Gasteiger charge is -2.62. The van der Waals surface area contributed by atoms with Gasteiger partial charge in [-0.3, -0.25) is 14.4 Å². The summed E-state index contributed by atoms with van der Waals surface area (Å²) in [5.41, 5.74) is 0.0337. The Labute approximate surface area is 309 Å². The minimum atomic E-state index is -1.03. The predicted octanol–water partition coefficient (Wildman–Crippen LogP) is 9.73. The van der Waals surface area contributed by atoms with Gasteiger partial charge in [-0.15, -0.1) is 0 Å². The van der Waals surface area contributed by atoms with Crippen molar-refractivity contribution in [1.29, 1.82) is 0 Å². The summed E-state index contributed by atoms with van der Waals surface area (Å²) < 4.78 is 6.09. The van der Waals surface area contributed by atoms with Gasteiger partial charge in [0.1, 0.15) is 12.6 Å². The molecule has 4 rings (SSSR count). The lowest BCUT2D eigenvalue weighted by Crippen LogP contribution is -2.59. The smallest absolute Gasteiger partial charge is 0.322 e. The van der Waals surface area contributed by atoms with Crippen molar-refractivity contribution in [2.45, 2.75) is 168 Å². The molecule has 0 aromatic carbocycles. The first-order chi connectivity index (χ1) is 24.5. The predicted molar refractivity (Wildman–Crippen MR) is 205 cm³/mol. The molecule has 4 aliphatic rings. The molecule has 0 radical (unpaired) electrons.